The Balaban J connectivity index is 2.10. The molecule has 1 fully saturated rings. The molecule has 2 rings (SSSR count). The minimum Gasteiger partial charge on any atom is -0.374 e. The normalized spacial score (nSPS) is 22.6. The maximum atomic E-state index is 6.51. The predicted molar refractivity (Wildman–Crippen MR) is 79.3 cm³/mol. The van der Waals surface area contributed by atoms with Crippen LogP contribution in [-0.2, 0) is 18.2 Å². The van der Waals surface area contributed by atoms with E-state index in [4.69, 9.17) is 10.5 Å². The second-order valence-electron chi connectivity index (χ2n) is 6.77. The summed E-state index contributed by atoms with van der Waals surface area (Å²) in [7, 11) is 1.91. The summed E-state index contributed by atoms with van der Waals surface area (Å²) in [5.74, 6) is 0.932. The highest BCUT2D eigenvalue weighted by Crippen LogP contribution is 2.43. The fraction of sp³-hybridized carbons (Fsp3) is 0.867. The van der Waals surface area contributed by atoms with E-state index in [9.17, 15) is 0 Å². The highest BCUT2D eigenvalue weighted by atomic mass is 16.5. The Labute approximate surface area is 121 Å². The van der Waals surface area contributed by atoms with Gasteiger partial charge in [-0.25, -0.2) is 4.98 Å². The largest absolute Gasteiger partial charge is 0.374 e. The van der Waals surface area contributed by atoms with Crippen LogP contribution in [0.25, 0.3) is 0 Å². The van der Waals surface area contributed by atoms with E-state index in [0.717, 1.165) is 25.1 Å². The molecule has 114 valence electrons. The van der Waals surface area contributed by atoms with Crippen LogP contribution < -0.4 is 5.73 Å². The van der Waals surface area contributed by atoms with Crippen molar-refractivity contribution in [2.75, 3.05) is 6.61 Å². The molecule has 1 aliphatic carbocycles. The molecule has 1 atom stereocenters. The van der Waals surface area contributed by atoms with Crippen molar-refractivity contribution in [1.29, 1.82) is 0 Å². The van der Waals surface area contributed by atoms with Gasteiger partial charge in [-0.15, -0.1) is 0 Å². The first-order chi connectivity index (χ1) is 9.38. The molecule has 0 aliphatic heterocycles. The second kappa shape index (κ2) is 5.82. The first-order valence-electron chi connectivity index (χ1n) is 7.61. The fourth-order valence-electron chi connectivity index (χ4n) is 3.15. The van der Waals surface area contributed by atoms with Crippen molar-refractivity contribution in [3.05, 3.63) is 12.2 Å². The molecule has 0 radical (unpaired) electrons. The monoisotopic (exact) mass is 280 g/mol. The zero-order valence-electron chi connectivity index (χ0n) is 13.2. The number of ether oxygens (including phenoxy) is 1. The first-order valence-corrected chi connectivity index (χ1v) is 7.61. The van der Waals surface area contributed by atoms with Gasteiger partial charge in [0.15, 0.2) is 0 Å². The van der Waals surface area contributed by atoms with Gasteiger partial charge in [0.05, 0.1) is 5.60 Å². The molecule has 5 nitrogen and oxygen atoms in total. The minimum atomic E-state index is -0.198. The number of nitrogens with two attached hydrogens (primary N) is 1. The summed E-state index contributed by atoms with van der Waals surface area (Å²) in [5.41, 5.74) is 6.72. The number of hydrogen-bond donors (Lipinski definition) is 1. The van der Waals surface area contributed by atoms with E-state index in [1.807, 2.05) is 7.05 Å². The smallest absolute Gasteiger partial charge is 0.138 e. The van der Waals surface area contributed by atoms with Gasteiger partial charge in [-0.05, 0) is 38.0 Å². The number of nitrogens with zero attached hydrogens (tertiary/aromatic N) is 3. The maximum absolute atomic E-state index is 6.51. The van der Waals surface area contributed by atoms with Crippen molar-refractivity contribution < 1.29 is 4.74 Å². The van der Waals surface area contributed by atoms with Gasteiger partial charge in [-0.1, -0.05) is 13.8 Å². The van der Waals surface area contributed by atoms with E-state index >= 15 is 0 Å². The molecule has 1 aliphatic rings. The van der Waals surface area contributed by atoms with Crippen LogP contribution in [0.2, 0.25) is 0 Å². The van der Waals surface area contributed by atoms with Crippen LogP contribution >= 0.6 is 0 Å². The number of aryl methyl sites for hydroxylation is 1. The van der Waals surface area contributed by atoms with E-state index in [2.05, 4.69) is 30.9 Å². The van der Waals surface area contributed by atoms with Crippen molar-refractivity contribution >= 4 is 0 Å². The zero-order chi connectivity index (χ0) is 14.8. The van der Waals surface area contributed by atoms with Gasteiger partial charge in [0, 0.05) is 26.1 Å². The van der Waals surface area contributed by atoms with Crippen LogP contribution in [0.15, 0.2) is 6.33 Å². The Bertz CT molecular complexity index is 431. The van der Waals surface area contributed by atoms with Crippen molar-refractivity contribution in [2.45, 2.75) is 64.5 Å². The van der Waals surface area contributed by atoms with Crippen molar-refractivity contribution in [2.24, 2.45) is 18.2 Å². The van der Waals surface area contributed by atoms with Crippen LogP contribution in [-0.4, -0.2) is 33.0 Å². The molecule has 0 amide bonds. The van der Waals surface area contributed by atoms with Crippen molar-refractivity contribution in [3.8, 4) is 0 Å². The van der Waals surface area contributed by atoms with Gasteiger partial charge in [-0.3, -0.25) is 4.68 Å². The predicted octanol–water partition coefficient (Wildman–Crippen LogP) is 2.06. The minimum absolute atomic E-state index is 0.0264. The summed E-state index contributed by atoms with van der Waals surface area (Å²) in [6.45, 7) is 7.43. The molecule has 1 heterocycles. The quantitative estimate of drug-likeness (QED) is 0.896. The summed E-state index contributed by atoms with van der Waals surface area (Å²) in [5, 5.41) is 4.12. The molecule has 1 unspecified atom stereocenters. The standard InChI is InChI=1S/C15H28N4O/c1-5-20-15(8-6-14(2,3)7-9-15)12(16)10-13-17-11-18-19(13)4/h11-12H,5-10,16H2,1-4H3. The number of aromatic nitrogens is 3. The Morgan fingerprint density at radius 3 is 2.50 bits per heavy atom. The number of hydrogen-bond acceptors (Lipinski definition) is 4. The SMILES string of the molecule is CCOC1(C(N)Cc2ncnn2C)CCC(C)(C)CC1. The summed E-state index contributed by atoms with van der Waals surface area (Å²) < 4.78 is 7.93. The lowest BCUT2D eigenvalue weighted by Gasteiger charge is -2.46. The Kier molecular flexibility index (Phi) is 4.49. The second-order valence-corrected chi connectivity index (χ2v) is 6.77. The van der Waals surface area contributed by atoms with Gasteiger partial charge in [-0.2, -0.15) is 5.10 Å². The fourth-order valence-corrected chi connectivity index (χ4v) is 3.15. The van der Waals surface area contributed by atoms with Crippen LogP contribution in [0.3, 0.4) is 0 Å². The lowest BCUT2D eigenvalue weighted by Crippen LogP contribution is -2.54. The van der Waals surface area contributed by atoms with Gasteiger partial charge >= 0.3 is 0 Å². The summed E-state index contributed by atoms with van der Waals surface area (Å²) in [4.78, 5) is 4.29. The molecule has 1 saturated carbocycles. The topological polar surface area (TPSA) is 66.0 Å². The third-order valence-corrected chi connectivity index (χ3v) is 4.77. The Morgan fingerprint density at radius 1 is 1.35 bits per heavy atom. The molecule has 0 bridgehead atoms. The Hall–Kier alpha value is -0.940. The van der Waals surface area contributed by atoms with E-state index in [0.29, 0.717) is 12.0 Å². The lowest BCUT2D eigenvalue weighted by atomic mass is 9.68. The van der Waals surface area contributed by atoms with Gasteiger partial charge < -0.3 is 10.5 Å². The highest BCUT2D eigenvalue weighted by Gasteiger charge is 2.43. The third kappa shape index (κ3) is 3.20. The van der Waals surface area contributed by atoms with Gasteiger partial charge in [0.1, 0.15) is 12.2 Å². The lowest BCUT2D eigenvalue weighted by molar-refractivity contribution is -0.0991. The van der Waals surface area contributed by atoms with Gasteiger partial charge in [0.2, 0.25) is 0 Å². The molecular weight excluding hydrogens is 252 g/mol. The van der Waals surface area contributed by atoms with Crippen molar-refractivity contribution in [1.82, 2.24) is 14.8 Å². The molecule has 0 saturated heterocycles. The van der Waals surface area contributed by atoms with E-state index in [1.165, 1.54) is 12.8 Å². The van der Waals surface area contributed by atoms with Crippen LogP contribution in [0, 0.1) is 5.41 Å². The van der Waals surface area contributed by atoms with E-state index in [1.54, 1.807) is 11.0 Å². The van der Waals surface area contributed by atoms with Crippen LogP contribution in [0.1, 0.15) is 52.3 Å². The molecule has 20 heavy (non-hydrogen) atoms. The molecule has 2 N–H and O–H groups in total. The zero-order valence-corrected chi connectivity index (χ0v) is 13.2. The Morgan fingerprint density at radius 2 is 2.00 bits per heavy atom. The molecule has 0 spiro atoms. The average Bonchev–Trinajstić information content (AvgIpc) is 2.78. The van der Waals surface area contributed by atoms with Crippen molar-refractivity contribution in [3.63, 3.8) is 0 Å². The highest BCUT2D eigenvalue weighted by molar-refractivity contribution is 5.02. The van der Waals surface area contributed by atoms with E-state index < -0.39 is 0 Å². The third-order valence-electron chi connectivity index (χ3n) is 4.77. The maximum Gasteiger partial charge on any atom is 0.138 e. The van der Waals surface area contributed by atoms with Crippen LogP contribution in [0.5, 0.6) is 0 Å². The van der Waals surface area contributed by atoms with Crippen LogP contribution in [0.4, 0.5) is 0 Å². The molecule has 1 aromatic rings. The summed E-state index contributed by atoms with van der Waals surface area (Å²) in [6.07, 6.45) is 6.70. The first kappa shape index (κ1) is 15.4. The molecular formula is C15H28N4O. The summed E-state index contributed by atoms with van der Waals surface area (Å²) in [6, 6.07) is -0.0264. The number of rotatable bonds is 5. The van der Waals surface area contributed by atoms with E-state index in [-0.39, 0.29) is 11.6 Å². The average molecular weight is 280 g/mol. The molecule has 5 heteroatoms. The summed E-state index contributed by atoms with van der Waals surface area (Å²) >= 11 is 0. The molecule has 0 aromatic carbocycles. The molecule has 1 aromatic heterocycles. The van der Waals surface area contributed by atoms with Gasteiger partial charge in [0.25, 0.3) is 0 Å².